The number of carbonyl (C=O) groups excluding carboxylic acids is 3. The van der Waals surface area contributed by atoms with E-state index in [1.165, 1.54) is 18.2 Å². The van der Waals surface area contributed by atoms with Gasteiger partial charge in [0, 0.05) is 29.0 Å². The largest absolute Gasteiger partial charge is 0.488 e. The van der Waals surface area contributed by atoms with Crippen LogP contribution in [0.4, 0.5) is 5.69 Å². The van der Waals surface area contributed by atoms with E-state index in [4.69, 9.17) is 14.2 Å². The number of rotatable bonds is 12. The number of allylic oxidation sites excluding steroid dienone is 1. The highest BCUT2D eigenvalue weighted by Gasteiger charge is 2.28. The minimum Gasteiger partial charge on any atom is -0.488 e. The zero-order chi connectivity index (χ0) is 29.2. The zero-order valence-electron chi connectivity index (χ0n) is 22.1. The Kier molecular flexibility index (Phi) is 10.3. The van der Waals surface area contributed by atoms with Crippen LogP contribution in [0.25, 0.3) is 6.08 Å². The van der Waals surface area contributed by atoms with Gasteiger partial charge in [-0.05, 0) is 56.2 Å². The van der Waals surface area contributed by atoms with Gasteiger partial charge >= 0.3 is 11.9 Å². The summed E-state index contributed by atoms with van der Waals surface area (Å²) in [7, 11) is 0. The van der Waals surface area contributed by atoms with Crippen LogP contribution in [0.15, 0.2) is 54.1 Å². The Balaban J connectivity index is 1.87. The third kappa shape index (κ3) is 7.18. The molecule has 1 aromatic heterocycles. The number of para-hydroxylation sites is 1. The van der Waals surface area contributed by atoms with Gasteiger partial charge in [-0.3, -0.25) is 14.9 Å². The lowest BCUT2D eigenvalue weighted by atomic mass is 10.0. The number of thiophene rings is 1. The molecule has 0 fully saturated rings. The van der Waals surface area contributed by atoms with Crippen LogP contribution in [0.2, 0.25) is 0 Å². The van der Waals surface area contributed by atoms with E-state index in [2.05, 4.69) is 0 Å². The van der Waals surface area contributed by atoms with E-state index >= 15 is 0 Å². The van der Waals surface area contributed by atoms with Gasteiger partial charge in [-0.2, -0.15) is 5.26 Å². The second-order valence-electron chi connectivity index (χ2n) is 8.32. The predicted octanol–water partition coefficient (Wildman–Crippen LogP) is 5.62. The summed E-state index contributed by atoms with van der Waals surface area (Å²) < 4.78 is 16.1. The first kappa shape index (κ1) is 29.7. The number of ketones is 1. The van der Waals surface area contributed by atoms with Crippen molar-refractivity contribution in [3.05, 3.63) is 96.2 Å². The van der Waals surface area contributed by atoms with Crippen LogP contribution in [0.1, 0.15) is 55.4 Å². The maximum atomic E-state index is 13.2. The van der Waals surface area contributed by atoms with Crippen LogP contribution < -0.4 is 4.74 Å². The molecule has 0 unspecified atom stereocenters. The Labute approximate surface area is 234 Å². The fraction of sp³-hybridized carbons (Fsp3) is 0.241. The Morgan fingerprint density at radius 3 is 2.30 bits per heavy atom. The average molecular weight is 563 g/mol. The second kappa shape index (κ2) is 13.8. The van der Waals surface area contributed by atoms with Gasteiger partial charge in [-0.25, -0.2) is 9.59 Å². The van der Waals surface area contributed by atoms with E-state index in [1.54, 1.807) is 57.2 Å². The van der Waals surface area contributed by atoms with Crippen molar-refractivity contribution < 1.29 is 33.5 Å². The van der Waals surface area contributed by atoms with Crippen LogP contribution in [0.5, 0.6) is 5.75 Å². The summed E-state index contributed by atoms with van der Waals surface area (Å²) in [6.45, 7) is 5.25. The van der Waals surface area contributed by atoms with Crippen molar-refractivity contribution in [1.82, 2.24) is 0 Å². The Bertz CT molecular complexity index is 1500. The van der Waals surface area contributed by atoms with Gasteiger partial charge in [-0.15, -0.1) is 11.3 Å². The topological polar surface area (TPSA) is 146 Å². The molecule has 0 atom stereocenters. The van der Waals surface area contributed by atoms with E-state index in [0.29, 0.717) is 27.3 Å². The van der Waals surface area contributed by atoms with Gasteiger partial charge < -0.3 is 14.2 Å². The molecule has 0 bridgehead atoms. The number of carbonyl (C=O) groups is 3. The molecular weight excluding hydrogens is 536 g/mol. The molecule has 3 rings (SSSR count). The van der Waals surface area contributed by atoms with Crippen molar-refractivity contribution in [2.45, 2.75) is 33.8 Å². The summed E-state index contributed by atoms with van der Waals surface area (Å²) in [5, 5.41) is 20.7. The van der Waals surface area contributed by atoms with Gasteiger partial charge in [-0.1, -0.05) is 18.2 Å². The fourth-order valence-corrected chi connectivity index (χ4v) is 4.92. The number of ether oxygens (including phenoxy) is 3. The molecule has 206 valence electrons. The fourth-order valence-electron chi connectivity index (χ4n) is 3.74. The Morgan fingerprint density at radius 1 is 1.02 bits per heavy atom. The van der Waals surface area contributed by atoms with E-state index < -0.39 is 22.6 Å². The van der Waals surface area contributed by atoms with Crippen molar-refractivity contribution in [3.63, 3.8) is 0 Å². The first-order valence-electron chi connectivity index (χ1n) is 12.3. The van der Waals surface area contributed by atoms with E-state index in [0.717, 1.165) is 11.3 Å². The zero-order valence-corrected chi connectivity index (χ0v) is 22.9. The van der Waals surface area contributed by atoms with Crippen molar-refractivity contribution in [2.75, 3.05) is 13.2 Å². The average Bonchev–Trinajstić information content (AvgIpc) is 3.26. The number of benzene rings is 2. The summed E-state index contributed by atoms with van der Waals surface area (Å²) in [5.74, 6) is -1.44. The molecule has 0 radical (unpaired) electrons. The third-order valence-electron chi connectivity index (χ3n) is 5.66. The van der Waals surface area contributed by atoms with Crippen molar-refractivity contribution in [2.24, 2.45) is 0 Å². The lowest BCUT2D eigenvalue weighted by Gasteiger charge is -2.10. The molecule has 40 heavy (non-hydrogen) atoms. The SMILES string of the molecule is CCOC(=O)c1sc(CC(=O)/C(C#N)=C/c2ccccc2OCc2ccc([N+](=O)[O-])cc2)c(C(=O)OCC)c1C. The number of nitro groups is 1. The lowest BCUT2D eigenvalue weighted by molar-refractivity contribution is -0.384. The highest BCUT2D eigenvalue weighted by molar-refractivity contribution is 7.14. The van der Waals surface area contributed by atoms with Crippen molar-refractivity contribution in [1.29, 1.82) is 5.26 Å². The normalized spacial score (nSPS) is 10.9. The van der Waals surface area contributed by atoms with Crippen LogP contribution >= 0.6 is 11.3 Å². The van der Waals surface area contributed by atoms with Gasteiger partial charge in [0.25, 0.3) is 5.69 Å². The van der Waals surface area contributed by atoms with Crippen LogP contribution in [-0.2, 0) is 27.3 Å². The molecule has 3 aromatic rings. The third-order valence-corrected chi connectivity index (χ3v) is 6.93. The standard InChI is InChI=1S/C29H26N2O8S/c1-4-37-28(33)26-18(3)27(29(34)38-5-2)40-25(26)15-23(32)21(16-30)14-20-8-6-7-9-24(20)39-17-19-10-12-22(13-11-19)31(35)36/h6-14H,4-5,15,17H2,1-3H3/b21-14+. The molecule has 1 heterocycles. The summed E-state index contributed by atoms with van der Waals surface area (Å²) >= 11 is 0.963. The van der Waals surface area contributed by atoms with E-state index in [-0.39, 0.29) is 47.9 Å². The summed E-state index contributed by atoms with van der Waals surface area (Å²) in [6.07, 6.45) is 1.09. The summed E-state index contributed by atoms with van der Waals surface area (Å²) in [6, 6.07) is 14.6. The lowest BCUT2D eigenvalue weighted by Crippen LogP contribution is -2.12. The number of Topliss-reactive ketones (excluding diaryl/α,β-unsaturated/α-hetero) is 1. The maximum absolute atomic E-state index is 13.2. The molecule has 0 spiro atoms. The van der Waals surface area contributed by atoms with Crippen LogP contribution in [0.3, 0.4) is 0 Å². The number of hydrogen-bond donors (Lipinski definition) is 0. The summed E-state index contributed by atoms with van der Waals surface area (Å²) in [5.41, 5.74) is 1.42. The quantitative estimate of drug-likeness (QED) is 0.0902. The maximum Gasteiger partial charge on any atom is 0.348 e. The molecule has 0 amide bonds. The summed E-state index contributed by atoms with van der Waals surface area (Å²) in [4.78, 5) is 49.2. The predicted molar refractivity (Wildman–Crippen MR) is 147 cm³/mol. The van der Waals surface area contributed by atoms with Gasteiger partial charge in [0.1, 0.15) is 23.3 Å². The van der Waals surface area contributed by atoms with E-state index in [9.17, 15) is 29.8 Å². The van der Waals surface area contributed by atoms with Crippen molar-refractivity contribution in [3.8, 4) is 11.8 Å². The molecule has 0 saturated heterocycles. The van der Waals surface area contributed by atoms with Crippen LogP contribution in [-0.4, -0.2) is 35.9 Å². The minimum absolute atomic E-state index is 0.0364. The molecule has 0 N–H and O–H groups in total. The van der Waals surface area contributed by atoms with Gasteiger partial charge in [0.2, 0.25) is 0 Å². The number of non-ortho nitro benzene ring substituents is 1. The molecule has 10 nitrogen and oxygen atoms in total. The monoisotopic (exact) mass is 562 g/mol. The first-order valence-corrected chi connectivity index (χ1v) is 13.1. The number of esters is 2. The molecule has 2 aromatic carbocycles. The Hall–Kier alpha value is -4.82. The van der Waals surface area contributed by atoms with Crippen LogP contribution in [0, 0.1) is 28.4 Å². The highest BCUT2D eigenvalue weighted by Crippen LogP contribution is 2.31. The molecule has 11 heteroatoms. The second-order valence-corrected chi connectivity index (χ2v) is 9.42. The number of hydrogen-bond acceptors (Lipinski definition) is 10. The first-order chi connectivity index (χ1) is 19.2. The van der Waals surface area contributed by atoms with Crippen molar-refractivity contribution >= 4 is 40.8 Å². The van der Waals surface area contributed by atoms with Gasteiger partial charge in [0.05, 0.1) is 29.3 Å². The Morgan fingerprint density at radius 2 is 1.68 bits per heavy atom. The molecule has 0 aliphatic rings. The van der Waals surface area contributed by atoms with E-state index in [1.807, 2.05) is 6.07 Å². The molecular formula is C29H26N2O8S. The smallest absolute Gasteiger partial charge is 0.348 e. The molecule has 0 saturated carbocycles. The number of nitro benzene ring substituents is 1. The molecule has 0 aliphatic carbocycles. The molecule has 0 aliphatic heterocycles. The minimum atomic E-state index is -0.665. The highest BCUT2D eigenvalue weighted by atomic mass is 32.1. The number of nitriles is 1. The number of nitrogens with zero attached hydrogens (tertiary/aromatic N) is 2. The van der Waals surface area contributed by atoms with Gasteiger partial charge in [0.15, 0.2) is 5.78 Å².